The first-order valence-corrected chi connectivity index (χ1v) is 21.2. The van der Waals surface area contributed by atoms with E-state index in [1.54, 1.807) is 54.3 Å². The molecule has 0 saturated carbocycles. The topological polar surface area (TPSA) is 158 Å². The predicted molar refractivity (Wildman–Crippen MR) is 255 cm³/mol. The summed E-state index contributed by atoms with van der Waals surface area (Å²) in [4.78, 5) is 44.1. The van der Waals surface area contributed by atoms with Crippen molar-refractivity contribution in [3.8, 4) is 6.07 Å². The Morgan fingerprint density at radius 1 is 0.862 bits per heavy atom. The van der Waals surface area contributed by atoms with Crippen LogP contribution in [0.2, 0.25) is 0 Å². The number of nitriles is 1. The number of nitrogens with one attached hydrogen (secondary N) is 1. The van der Waals surface area contributed by atoms with Crippen LogP contribution in [0.1, 0.15) is 74.8 Å². The zero-order chi connectivity index (χ0) is 47.1. The summed E-state index contributed by atoms with van der Waals surface area (Å²) in [6.45, 7) is 24.7. The van der Waals surface area contributed by atoms with E-state index >= 15 is 0 Å². The van der Waals surface area contributed by atoms with Crippen molar-refractivity contribution in [1.82, 2.24) is 19.9 Å². The molecule has 1 aliphatic heterocycles. The molecule has 65 heavy (non-hydrogen) atoms. The Bertz CT molecular complexity index is 2770. The van der Waals surface area contributed by atoms with Crippen molar-refractivity contribution < 1.29 is 18.0 Å². The van der Waals surface area contributed by atoms with Crippen LogP contribution in [0.15, 0.2) is 106 Å². The summed E-state index contributed by atoms with van der Waals surface area (Å²) >= 11 is 10.1. The molecule has 0 unspecified atom stereocenters. The molecule has 330 valence electrons. The summed E-state index contributed by atoms with van der Waals surface area (Å²) in [6, 6.07) is 18.3. The van der Waals surface area contributed by atoms with E-state index in [0.717, 1.165) is 78.6 Å². The minimum absolute atomic E-state index is 0.118. The number of aliphatic imine (C=N–C) groups is 1. The number of aromatic nitrogens is 4. The molecule has 1 saturated heterocycles. The number of pyridine rings is 2. The number of nitrogens with zero attached hydrogens (tertiary/aromatic N) is 10. The molecule has 1 N–H and O–H groups in total. The summed E-state index contributed by atoms with van der Waals surface area (Å²) in [6.07, 6.45) is 15.1. The number of thiocarbonyl (C=S) groups is 2. The predicted octanol–water partition coefficient (Wildman–Crippen LogP) is 11.4. The molecule has 4 aromatic heterocycles. The Hall–Kier alpha value is -7.48. The molecule has 6 aromatic rings. The van der Waals surface area contributed by atoms with Crippen molar-refractivity contribution in [2.75, 3.05) is 15.1 Å². The van der Waals surface area contributed by atoms with Gasteiger partial charge in [-0.2, -0.15) is 10.3 Å². The number of anilines is 3. The number of oxazole rings is 2. The van der Waals surface area contributed by atoms with Crippen LogP contribution in [0.3, 0.4) is 0 Å². The second-order valence-corrected chi connectivity index (χ2v) is 16.3. The van der Waals surface area contributed by atoms with E-state index in [1.165, 1.54) is 19.1 Å². The van der Waals surface area contributed by atoms with Crippen LogP contribution in [0.25, 0.3) is 9.69 Å². The van der Waals surface area contributed by atoms with E-state index < -0.39 is 16.9 Å². The molecule has 5 heterocycles. The molecule has 1 amide bonds. The van der Waals surface area contributed by atoms with Gasteiger partial charge in [-0.15, -0.1) is 0 Å². The van der Waals surface area contributed by atoms with Gasteiger partial charge < -0.3 is 19.1 Å². The minimum atomic E-state index is -0.863. The summed E-state index contributed by atoms with van der Waals surface area (Å²) < 4.78 is 23.8. The fraction of sp³-hybridized carbons (Fsp3) is 0.292. The largest absolute Gasteiger partial charge is 0.449 e. The Kier molecular flexibility index (Phi) is 16.6. The zero-order valence-electron chi connectivity index (χ0n) is 36.8. The quantitative estimate of drug-likeness (QED) is 0.0665. The number of carbonyl (C=O) groups is 1. The highest BCUT2D eigenvalue weighted by atomic mass is 32.1. The third-order valence-corrected chi connectivity index (χ3v) is 10.5. The van der Waals surface area contributed by atoms with E-state index in [2.05, 4.69) is 63.4 Å². The molecular weight excluding hydrogens is 862 g/mol. The number of amides is 1. The lowest BCUT2D eigenvalue weighted by Crippen LogP contribution is -2.44. The van der Waals surface area contributed by atoms with Gasteiger partial charge in [-0.25, -0.2) is 24.0 Å². The monoisotopic (exact) mass is 907 g/mol. The number of hydrogen-bond donors (Lipinski definition) is 1. The van der Waals surface area contributed by atoms with Gasteiger partial charge in [0.15, 0.2) is 28.3 Å². The summed E-state index contributed by atoms with van der Waals surface area (Å²) in [5.41, 5.74) is 4.89. The first kappa shape index (κ1) is 48.6. The van der Waals surface area contributed by atoms with Crippen LogP contribution in [0.5, 0.6) is 0 Å². The van der Waals surface area contributed by atoms with Gasteiger partial charge in [-0.3, -0.25) is 19.7 Å². The number of rotatable bonds is 13. The maximum absolute atomic E-state index is 13.3. The fourth-order valence-electron chi connectivity index (χ4n) is 6.60. The lowest BCUT2D eigenvalue weighted by Gasteiger charge is -2.29. The molecule has 1 aliphatic rings. The van der Waals surface area contributed by atoms with Gasteiger partial charge in [0.25, 0.3) is 5.91 Å². The van der Waals surface area contributed by atoms with Crippen molar-refractivity contribution in [2.45, 2.75) is 91.1 Å². The molecule has 1 fully saturated rings. The molecule has 0 bridgehead atoms. The lowest BCUT2D eigenvalue weighted by molar-refractivity contribution is -0.120. The van der Waals surface area contributed by atoms with Gasteiger partial charge in [0, 0.05) is 29.9 Å². The SMILES string of the molecule is CC(C)(C#N)Nc1ccc(CCCc2ncco2)nc1.[C-]#[N+]c1ccc(N2C(=O)C(C)(C)N(c3ccc(CCCc4ncco4)nc3)C2=S)cc1C.[C-]#[N+]c1ccc(N=C=S)c(F)c1C. The third-order valence-electron chi connectivity index (χ3n) is 10.1. The first-order chi connectivity index (χ1) is 31.1. The van der Waals surface area contributed by atoms with Crippen LogP contribution in [0.4, 0.5) is 38.5 Å². The molecule has 2 aromatic carbocycles. The Labute approximate surface area is 388 Å². The minimum Gasteiger partial charge on any atom is -0.449 e. The second-order valence-electron chi connectivity index (χ2n) is 15.7. The number of carbonyl (C=O) groups excluding carboxylic acids is 1. The van der Waals surface area contributed by atoms with Crippen LogP contribution < -0.4 is 15.1 Å². The van der Waals surface area contributed by atoms with Gasteiger partial charge in [0.2, 0.25) is 0 Å². The number of halogens is 1. The molecule has 7 rings (SSSR count). The molecule has 0 radical (unpaired) electrons. The summed E-state index contributed by atoms with van der Waals surface area (Å²) in [7, 11) is 0. The number of isothiocyanates is 1. The van der Waals surface area contributed by atoms with Crippen LogP contribution >= 0.6 is 24.4 Å². The average molecular weight is 908 g/mol. The van der Waals surface area contributed by atoms with Gasteiger partial charge in [0.05, 0.1) is 60.5 Å². The van der Waals surface area contributed by atoms with E-state index in [4.69, 9.17) is 39.5 Å². The molecule has 0 atom stereocenters. The van der Waals surface area contributed by atoms with Gasteiger partial charge >= 0.3 is 0 Å². The Morgan fingerprint density at radius 2 is 1.45 bits per heavy atom. The Morgan fingerprint density at radius 3 is 1.94 bits per heavy atom. The van der Waals surface area contributed by atoms with Crippen LogP contribution in [-0.2, 0) is 30.5 Å². The molecule has 0 spiro atoms. The number of aryl methyl sites for hydroxylation is 5. The highest BCUT2D eigenvalue weighted by Crippen LogP contribution is 2.37. The molecule has 17 heteroatoms. The van der Waals surface area contributed by atoms with Crippen molar-refractivity contribution in [3.05, 3.63) is 155 Å². The fourth-order valence-corrected chi connectivity index (χ4v) is 7.22. The van der Waals surface area contributed by atoms with Gasteiger partial charge in [0.1, 0.15) is 35.1 Å². The number of benzene rings is 2. The van der Waals surface area contributed by atoms with Crippen molar-refractivity contribution in [2.24, 2.45) is 4.99 Å². The highest BCUT2D eigenvalue weighted by molar-refractivity contribution is 7.81. The highest BCUT2D eigenvalue weighted by Gasteiger charge is 2.50. The zero-order valence-corrected chi connectivity index (χ0v) is 38.4. The van der Waals surface area contributed by atoms with Gasteiger partial charge in [-0.1, -0.05) is 12.1 Å². The van der Waals surface area contributed by atoms with E-state index in [9.17, 15) is 9.18 Å². The molecular formula is C48H46FN11O3S2. The van der Waals surface area contributed by atoms with Crippen molar-refractivity contribution in [1.29, 1.82) is 5.26 Å². The van der Waals surface area contributed by atoms with Crippen molar-refractivity contribution >= 4 is 74.7 Å². The molecule has 0 aliphatic carbocycles. The maximum atomic E-state index is 13.3. The average Bonchev–Trinajstić information content (AvgIpc) is 4.06. The first-order valence-electron chi connectivity index (χ1n) is 20.4. The van der Waals surface area contributed by atoms with E-state index in [-0.39, 0.29) is 11.6 Å². The lowest BCUT2D eigenvalue weighted by atomic mass is 10.0. The summed E-state index contributed by atoms with van der Waals surface area (Å²) in [5, 5.41) is 14.6. The maximum Gasteiger partial charge on any atom is 0.259 e. The normalized spacial score (nSPS) is 12.7. The molecule has 14 nitrogen and oxygen atoms in total. The smallest absolute Gasteiger partial charge is 0.259 e. The Balaban J connectivity index is 0.000000204. The van der Waals surface area contributed by atoms with Crippen molar-refractivity contribution in [3.63, 3.8) is 0 Å². The number of hydrogen-bond acceptors (Lipinski definition) is 12. The van der Waals surface area contributed by atoms with E-state index in [1.807, 2.05) is 69.9 Å². The van der Waals surface area contributed by atoms with Crippen LogP contribution in [0, 0.1) is 44.1 Å². The van der Waals surface area contributed by atoms with Gasteiger partial charge in [-0.05, 0) is 145 Å². The van der Waals surface area contributed by atoms with Crippen LogP contribution in [-0.4, -0.2) is 47.2 Å². The summed E-state index contributed by atoms with van der Waals surface area (Å²) in [5.74, 6) is 0.862. The van der Waals surface area contributed by atoms with E-state index in [0.29, 0.717) is 27.7 Å². The second kappa shape index (κ2) is 22.2. The standard InChI is InChI=1S/C24H23N5O2S.C15H18N4O.C9H5FN2S/c1-16-14-18(10-11-20(16)25-4)28-22(30)24(2,3)29(23(28)32)19-9-8-17(27-15-19)6-5-7-21-26-12-13-31-21;1-15(2,11-16)19-13-7-6-12(18-10-13)4-3-5-14-17-8-9-20-14;1-6-7(11-2)3-4-8(9(6)10)12-5-13/h8-15H,5-7H2,1-3H3;6-10,19H,3-5H2,1-2H3;3-4H,1H3. The third kappa shape index (κ3) is 12.6.